The molecule has 98 valence electrons. The van der Waals surface area contributed by atoms with Gasteiger partial charge in [0.05, 0.1) is 6.61 Å². The molecule has 0 saturated carbocycles. The summed E-state index contributed by atoms with van der Waals surface area (Å²) in [5.74, 6) is 1.80. The number of hydrogen-bond acceptors (Lipinski definition) is 3. The maximum absolute atomic E-state index is 8.51. The van der Waals surface area contributed by atoms with Crippen molar-refractivity contribution < 1.29 is 4.74 Å². The summed E-state index contributed by atoms with van der Waals surface area (Å²) >= 11 is 7.51. The first-order valence-electron chi connectivity index (χ1n) is 6.04. The molecule has 0 aliphatic rings. The van der Waals surface area contributed by atoms with Crippen LogP contribution in [0.25, 0.3) is 0 Å². The SMILES string of the molecule is CCOc1c(C)cc(Cl)c(C)c1CCCSC#N. The first-order chi connectivity index (χ1) is 8.61. The summed E-state index contributed by atoms with van der Waals surface area (Å²) in [6.07, 6.45) is 1.86. The summed E-state index contributed by atoms with van der Waals surface area (Å²) in [6.45, 7) is 6.68. The maximum atomic E-state index is 8.51. The highest BCUT2D eigenvalue weighted by molar-refractivity contribution is 8.03. The van der Waals surface area contributed by atoms with Gasteiger partial charge < -0.3 is 4.74 Å². The number of halogens is 1. The summed E-state index contributed by atoms with van der Waals surface area (Å²) in [6, 6.07) is 1.95. The molecule has 0 bridgehead atoms. The van der Waals surface area contributed by atoms with Crippen molar-refractivity contribution in [3.8, 4) is 11.2 Å². The van der Waals surface area contributed by atoms with Crippen LogP contribution in [0.15, 0.2) is 6.07 Å². The molecule has 0 radical (unpaired) electrons. The zero-order chi connectivity index (χ0) is 13.5. The molecule has 0 aromatic heterocycles. The van der Waals surface area contributed by atoms with Gasteiger partial charge in [0.2, 0.25) is 0 Å². The van der Waals surface area contributed by atoms with Crippen LogP contribution < -0.4 is 4.74 Å². The van der Waals surface area contributed by atoms with Gasteiger partial charge in [0.15, 0.2) is 0 Å². The van der Waals surface area contributed by atoms with E-state index < -0.39 is 0 Å². The Labute approximate surface area is 118 Å². The lowest BCUT2D eigenvalue weighted by molar-refractivity contribution is 0.333. The molecule has 0 unspecified atom stereocenters. The zero-order valence-corrected chi connectivity index (χ0v) is 12.6. The molecular weight excluding hydrogens is 266 g/mol. The largest absolute Gasteiger partial charge is 0.493 e. The number of aryl methyl sites for hydroxylation is 1. The van der Waals surface area contributed by atoms with Crippen LogP contribution in [0, 0.1) is 24.5 Å². The number of rotatable bonds is 6. The topological polar surface area (TPSA) is 33.0 Å². The van der Waals surface area contributed by atoms with Crippen LogP contribution in [-0.4, -0.2) is 12.4 Å². The van der Waals surface area contributed by atoms with Crippen LogP contribution in [0.1, 0.15) is 30.0 Å². The van der Waals surface area contributed by atoms with Gasteiger partial charge in [-0.25, -0.2) is 0 Å². The third kappa shape index (κ3) is 3.83. The monoisotopic (exact) mass is 283 g/mol. The van der Waals surface area contributed by atoms with Gasteiger partial charge in [-0.05, 0) is 68.1 Å². The number of nitriles is 1. The van der Waals surface area contributed by atoms with Gasteiger partial charge in [-0.15, -0.1) is 0 Å². The van der Waals surface area contributed by atoms with Crippen molar-refractivity contribution in [3.05, 3.63) is 27.8 Å². The Kier molecular flexibility index (Phi) is 6.38. The summed E-state index contributed by atoms with van der Waals surface area (Å²) in [5, 5.41) is 11.4. The Morgan fingerprint density at radius 2 is 2.17 bits per heavy atom. The molecule has 1 aromatic carbocycles. The molecule has 4 heteroatoms. The van der Waals surface area contributed by atoms with E-state index >= 15 is 0 Å². The van der Waals surface area contributed by atoms with E-state index in [1.54, 1.807) is 0 Å². The van der Waals surface area contributed by atoms with Crippen LogP contribution in [0.4, 0.5) is 0 Å². The molecule has 0 N–H and O–H groups in total. The fraction of sp³-hybridized carbons (Fsp3) is 0.500. The minimum atomic E-state index is 0.655. The zero-order valence-electron chi connectivity index (χ0n) is 11.0. The van der Waals surface area contributed by atoms with Crippen molar-refractivity contribution in [2.24, 2.45) is 0 Å². The first kappa shape index (κ1) is 15.2. The molecule has 0 heterocycles. The van der Waals surface area contributed by atoms with E-state index in [-0.39, 0.29) is 0 Å². The third-order valence-corrected chi connectivity index (χ3v) is 3.83. The van der Waals surface area contributed by atoms with Gasteiger partial charge in [-0.3, -0.25) is 0 Å². The number of thioether (sulfide) groups is 1. The van der Waals surface area contributed by atoms with Crippen LogP contribution in [0.2, 0.25) is 5.02 Å². The van der Waals surface area contributed by atoms with Gasteiger partial charge >= 0.3 is 0 Å². The van der Waals surface area contributed by atoms with Crippen molar-refractivity contribution in [2.45, 2.75) is 33.6 Å². The van der Waals surface area contributed by atoms with Gasteiger partial charge in [0.25, 0.3) is 0 Å². The number of hydrogen-bond donors (Lipinski definition) is 0. The van der Waals surface area contributed by atoms with Crippen LogP contribution in [0.5, 0.6) is 5.75 Å². The quantitative estimate of drug-likeness (QED) is 0.569. The summed E-state index contributed by atoms with van der Waals surface area (Å²) < 4.78 is 5.73. The average Bonchev–Trinajstić information content (AvgIpc) is 2.34. The minimum absolute atomic E-state index is 0.655. The number of thiocyanates is 1. The standard InChI is InChI=1S/C14H18ClNOS/c1-4-17-14-10(2)8-13(15)11(3)12(14)6-5-7-18-9-16/h8H,4-7H2,1-3H3. The smallest absolute Gasteiger partial charge is 0.133 e. The van der Waals surface area contributed by atoms with Gasteiger partial charge in [0, 0.05) is 10.8 Å². The van der Waals surface area contributed by atoms with Crippen LogP contribution >= 0.6 is 23.4 Å². The van der Waals surface area contributed by atoms with Crippen molar-refractivity contribution >= 4 is 23.4 Å². The van der Waals surface area contributed by atoms with E-state index in [1.807, 2.05) is 26.8 Å². The predicted molar refractivity (Wildman–Crippen MR) is 78.5 cm³/mol. The molecule has 0 amide bonds. The Morgan fingerprint density at radius 1 is 1.44 bits per heavy atom. The fourth-order valence-corrected chi connectivity index (χ4v) is 2.59. The summed E-state index contributed by atoms with van der Waals surface area (Å²) in [4.78, 5) is 0. The fourth-order valence-electron chi connectivity index (χ4n) is 1.93. The van der Waals surface area contributed by atoms with Crippen LogP contribution in [-0.2, 0) is 6.42 Å². The highest BCUT2D eigenvalue weighted by atomic mass is 35.5. The molecule has 1 aromatic rings. The molecule has 1 rings (SSSR count). The first-order valence-corrected chi connectivity index (χ1v) is 7.40. The van der Waals surface area contributed by atoms with E-state index in [2.05, 4.69) is 5.40 Å². The normalized spacial score (nSPS) is 10.2. The van der Waals surface area contributed by atoms with Crippen molar-refractivity contribution in [3.63, 3.8) is 0 Å². The Morgan fingerprint density at radius 3 is 2.78 bits per heavy atom. The summed E-state index contributed by atoms with van der Waals surface area (Å²) in [7, 11) is 0. The Balaban J connectivity index is 2.95. The number of nitrogens with zero attached hydrogens (tertiary/aromatic N) is 1. The van der Waals surface area contributed by atoms with E-state index in [9.17, 15) is 0 Å². The molecule has 0 atom stereocenters. The second-order valence-corrected chi connectivity index (χ2v) is 5.37. The lowest BCUT2D eigenvalue weighted by Crippen LogP contribution is -2.02. The highest BCUT2D eigenvalue weighted by Crippen LogP contribution is 2.33. The minimum Gasteiger partial charge on any atom is -0.493 e. The molecule has 0 aliphatic heterocycles. The van der Waals surface area contributed by atoms with Crippen molar-refractivity contribution in [1.29, 1.82) is 5.26 Å². The second-order valence-electron chi connectivity index (χ2n) is 4.08. The third-order valence-electron chi connectivity index (χ3n) is 2.81. The van der Waals surface area contributed by atoms with Crippen molar-refractivity contribution in [1.82, 2.24) is 0 Å². The van der Waals surface area contributed by atoms with E-state index in [4.69, 9.17) is 21.6 Å². The van der Waals surface area contributed by atoms with E-state index in [1.165, 1.54) is 17.3 Å². The number of ether oxygens (including phenoxy) is 1. The van der Waals surface area contributed by atoms with E-state index in [0.29, 0.717) is 6.61 Å². The van der Waals surface area contributed by atoms with Crippen LogP contribution in [0.3, 0.4) is 0 Å². The van der Waals surface area contributed by atoms with Gasteiger partial charge in [0.1, 0.15) is 11.2 Å². The molecule has 18 heavy (non-hydrogen) atoms. The molecule has 2 nitrogen and oxygen atoms in total. The van der Waals surface area contributed by atoms with Crippen molar-refractivity contribution in [2.75, 3.05) is 12.4 Å². The molecule has 0 fully saturated rings. The van der Waals surface area contributed by atoms with Gasteiger partial charge in [-0.1, -0.05) is 11.6 Å². The predicted octanol–water partition coefficient (Wildman–Crippen LogP) is 4.50. The Bertz CT molecular complexity index is 454. The number of benzene rings is 1. The molecule has 0 aliphatic carbocycles. The highest BCUT2D eigenvalue weighted by Gasteiger charge is 2.13. The van der Waals surface area contributed by atoms with E-state index in [0.717, 1.165) is 40.5 Å². The molecule has 0 spiro atoms. The second kappa shape index (κ2) is 7.56. The molecule has 0 saturated heterocycles. The average molecular weight is 284 g/mol. The Hall–Kier alpha value is -0.850. The van der Waals surface area contributed by atoms with Gasteiger partial charge in [-0.2, -0.15) is 5.26 Å². The summed E-state index contributed by atoms with van der Waals surface area (Å²) in [5.41, 5.74) is 3.35. The maximum Gasteiger partial charge on any atom is 0.133 e. The lowest BCUT2D eigenvalue weighted by atomic mass is 10.00. The lowest BCUT2D eigenvalue weighted by Gasteiger charge is -2.16. The molecular formula is C14H18ClNOS.